The van der Waals surface area contributed by atoms with Gasteiger partial charge in [0.15, 0.2) is 11.5 Å². The molecule has 2 aromatic carbocycles. The maximum absolute atomic E-state index is 12.0. The van der Waals surface area contributed by atoms with Gasteiger partial charge in [-0.15, -0.1) is 0 Å². The van der Waals surface area contributed by atoms with Crippen LogP contribution in [0.2, 0.25) is 0 Å². The van der Waals surface area contributed by atoms with Gasteiger partial charge in [0.05, 0.1) is 13.2 Å². The summed E-state index contributed by atoms with van der Waals surface area (Å²) in [5.41, 5.74) is 3.89. The topological polar surface area (TPSA) is 47.6 Å². The molecule has 1 amide bonds. The number of hydrogen-bond donors (Lipinski definition) is 1. The lowest BCUT2D eigenvalue weighted by Gasteiger charge is -2.18. The molecular formula is C19H21NO3. The van der Waals surface area contributed by atoms with Crippen LogP contribution < -0.4 is 14.8 Å². The molecule has 0 spiro atoms. The first kappa shape index (κ1) is 15.4. The molecule has 1 N–H and O–H groups in total. The van der Waals surface area contributed by atoms with E-state index in [2.05, 4.69) is 11.4 Å². The minimum absolute atomic E-state index is 0.00377. The van der Waals surface area contributed by atoms with E-state index < -0.39 is 0 Å². The minimum atomic E-state index is 0.00377. The summed E-state index contributed by atoms with van der Waals surface area (Å²) in [6.45, 7) is 5.79. The Labute approximate surface area is 136 Å². The molecule has 0 unspecified atom stereocenters. The van der Waals surface area contributed by atoms with Crippen LogP contribution in [0, 0.1) is 0 Å². The molecule has 23 heavy (non-hydrogen) atoms. The lowest BCUT2D eigenvalue weighted by atomic mass is 9.95. The molecule has 0 atom stereocenters. The average Bonchev–Trinajstić information content (AvgIpc) is 2.57. The number of hydrogen-bond acceptors (Lipinski definition) is 3. The lowest BCUT2D eigenvalue weighted by molar-refractivity contribution is 0.0946. The Morgan fingerprint density at radius 2 is 1.65 bits per heavy atom. The van der Waals surface area contributed by atoms with Gasteiger partial charge in [-0.3, -0.25) is 4.79 Å². The molecule has 0 bridgehead atoms. The van der Waals surface area contributed by atoms with E-state index in [0.29, 0.717) is 19.8 Å². The molecular weight excluding hydrogens is 290 g/mol. The molecule has 1 aliphatic rings. The zero-order chi connectivity index (χ0) is 16.2. The Bertz CT molecular complexity index is 725. The smallest absolute Gasteiger partial charge is 0.251 e. The fourth-order valence-corrected chi connectivity index (χ4v) is 2.82. The number of fused-ring (bicyclic) bond motifs is 1. The van der Waals surface area contributed by atoms with Crippen molar-refractivity contribution in [3.05, 3.63) is 47.5 Å². The van der Waals surface area contributed by atoms with E-state index in [9.17, 15) is 4.79 Å². The molecule has 0 radical (unpaired) electrons. The summed E-state index contributed by atoms with van der Waals surface area (Å²) in [5.74, 6) is 1.48. The van der Waals surface area contributed by atoms with Gasteiger partial charge in [-0.1, -0.05) is 18.2 Å². The summed E-state index contributed by atoms with van der Waals surface area (Å²) in [6, 6.07) is 11.9. The van der Waals surface area contributed by atoms with Crippen molar-refractivity contribution in [1.29, 1.82) is 0 Å². The largest absolute Gasteiger partial charge is 0.490 e. The molecule has 0 saturated carbocycles. The Hall–Kier alpha value is -2.49. The van der Waals surface area contributed by atoms with E-state index in [0.717, 1.165) is 40.2 Å². The number of carbonyl (C=O) groups is 1. The second-order valence-electron chi connectivity index (χ2n) is 5.41. The summed E-state index contributed by atoms with van der Waals surface area (Å²) < 4.78 is 11.3. The highest BCUT2D eigenvalue weighted by Crippen LogP contribution is 2.33. The van der Waals surface area contributed by atoms with Crippen molar-refractivity contribution < 1.29 is 14.3 Å². The maximum atomic E-state index is 12.0. The second kappa shape index (κ2) is 6.73. The number of benzene rings is 2. The van der Waals surface area contributed by atoms with E-state index in [-0.39, 0.29) is 5.91 Å². The highest BCUT2D eigenvalue weighted by atomic mass is 16.5. The van der Waals surface area contributed by atoms with Crippen LogP contribution in [-0.4, -0.2) is 25.7 Å². The SMILES string of the molecule is CCOc1ccc(-c2ccc3c(c2)C(=O)NCC3)cc1OCC. The number of rotatable bonds is 5. The van der Waals surface area contributed by atoms with Crippen molar-refractivity contribution >= 4 is 5.91 Å². The molecule has 0 fully saturated rings. The van der Waals surface area contributed by atoms with Crippen LogP contribution >= 0.6 is 0 Å². The fraction of sp³-hybridized carbons (Fsp3) is 0.316. The van der Waals surface area contributed by atoms with Crippen molar-refractivity contribution in [2.75, 3.05) is 19.8 Å². The van der Waals surface area contributed by atoms with Gasteiger partial charge in [-0.25, -0.2) is 0 Å². The summed E-state index contributed by atoms with van der Waals surface area (Å²) >= 11 is 0. The molecule has 4 heteroatoms. The first-order valence-electron chi connectivity index (χ1n) is 8.04. The molecule has 4 nitrogen and oxygen atoms in total. The summed E-state index contributed by atoms with van der Waals surface area (Å²) in [5, 5.41) is 2.89. The van der Waals surface area contributed by atoms with Gasteiger partial charge in [0.25, 0.3) is 5.91 Å². The minimum Gasteiger partial charge on any atom is -0.490 e. The van der Waals surface area contributed by atoms with Crippen LogP contribution in [0.15, 0.2) is 36.4 Å². The van der Waals surface area contributed by atoms with Gasteiger partial charge in [0.1, 0.15) is 0 Å². The first-order chi connectivity index (χ1) is 11.2. The maximum Gasteiger partial charge on any atom is 0.251 e. The van der Waals surface area contributed by atoms with Gasteiger partial charge in [-0.2, -0.15) is 0 Å². The quantitative estimate of drug-likeness (QED) is 0.920. The summed E-state index contributed by atoms with van der Waals surface area (Å²) in [7, 11) is 0. The van der Waals surface area contributed by atoms with Crippen LogP contribution in [-0.2, 0) is 6.42 Å². The third-order valence-electron chi connectivity index (χ3n) is 3.91. The molecule has 0 aromatic heterocycles. The third-order valence-corrected chi connectivity index (χ3v) is 3.91. The Morgan fingerprint density at radius 3 is 2.43 bits per heavy atom. The van der Waals surface area contributed by atoms with Gasteiger partial charge >= 0.3 is 0 Å². The van der Waals surface area contributed by atoms with Crippen LogP contribution in [0.25, 0.3) is 11.1 Å². The fourth-order valence-electron chi connectivity index (χ4n) is 2.82. The van der Waals surface area contributed by atoms with Crippen molar-refractivity contribution in [2.45, 2.75) is 20.3 Å². The van der Waals surface area contributed by atoms with Crippen molar-refractivity contribution in [1.82, 2.24) is 5.32 Å². The molecule has 1 heterocycles. The predicted molar refractivity (Wildman–Crippen MR) is 90.3 cm³/mol. The van der Waals surface area contributed by atoms with Gasteiger partial charge in [-0.05, 0) is 55.2 Å². The number of nitrogens with one attached hydrogen (secondary N) is 1. The predicted octanol–water partition coefficient (Wildman–Crippen LogP) is 3.44. The highest BCUT2D eigenvalue weighted by Gasteiger charge is 2.17. The van der Waals surface area contributed by atoms with E-state index >= 15 is 0 Å². The molecule has 1 aliphatic heterocycles. The third kappa shape index (κ3) is 3.16. The molecule has 3 rings (SSSR count). The van der Waals surface area contributed by atoms with Crippen molar-refractivity contribution in [2.24, 2.45) is 0 Å². The van der Waals surface area contributed by atoms with Crippen molar-refractivity contribution in [3.8, 4) is 22.6 Å². The number of carbonyl (C=O) groups excluding carboxylic acids is 1. The Balaban J connectivity index is 1.99. The van der Waals surface area contributed by atoms with Crippen LogP contribution in [0.5, 0.6) is 11.5 Å². The van der Waals surface area contributed by atoms with Crippen molar-refractivity contribution in [3.63, 3.8) is 0 Å². The normalized spacial score (nSPS) is 13.2. The average molecular weight is 311 g/mol. The van der Waals surface area contributed by atoms with Gasteiger partial charge in [0, 0.05) is 12.1 Å². The Morgan fingerprint density at radius 1 is 0.957 bits per heavy atom. The highest BCUT2D eigenvalue weighted by molar-refractivity contribution is 5.98. The molecule has 120 valence electrons. The summed E-state index contributed by atoms with van der Waals surface area (Å²) in [6.07, 6.45) is 0.884. The standard InChI is InChI=1S/C19H21NO3/c1-3-22-17-8-7-15(12-18(17)23-4-2)14-6-5-13-9-10-20-19(21)16(13)11-14/h5-8,11-12H,3-4,9-10H2,1-2H3,(H,20,21). The van der Waals surface area contributed by atoms with E-state index in [1.807, 2.05) is 44.2 Å². The zero-order valence-electron chi connectivity index (χ0n) is 13.5. The monoisotopic (exact) mass is 311 g/mol. The van der Waals surface area contributed by atoms with Gasteiger partial charge < -0.3 is 14.8 Å². The lowest BCUT2D eigenvalue weighted by Crippen LogP contribution is -2.31. The zero-order valence-corrected chi connectivity index (χ0v) is 13.5. The first-order valence-corrected chi connectivity index (χ1v) is 8.04. The number of ether oxygens (including phenoxy) is 2. The molecule has 2 aromatic rings. The molecule has 0 aliphatic carbocycles. The number of amides is 1. The molecule has 0 saturated heterocycles. The van der Waals surface area contributed by atoms with Gasteiger partial charge in [0.2, 0.25) is 0 Å². The summed E-state index contributed by atoms with van der Waals surface area (Å²) in [4.78, 5) is 12.0. The van der Waals surface area contributed by atoms with Crippen LogP contribution in [0.1, 0.15) is 29.8 Å². The van der Waals surface area contributed by atoms with Crippen LogP contribution in [0.4, 0.5) is 0 Å². The Kier molecular flexibility index (Phi) is 4.51. The van der Waals surface area contributed by atoms with E-state index in [1.165, 1.54) is 0 Å². The van der Waals surface area contributed by atoms with Crippen LogP contribution in [0.3, 0.4) is 0 Å². The van der Waals surface area contributed by atoms with E-state index in [4.69, 9.17) is 9.47 Å². The van der Waals surface area contributed by atoms with E-state index in [1.54, 1.807) is 0 Å². The second-order valence-corrected chi connectivity index (χ2v) is 5.41.